The number of piperidine rings is 1. The number of nitrogens with zero attached hydrogens (tertiary/aromatic N) is 2. The van der Waals surface area contributed by atoms with Gasteiger partial charge in [-0.3, -0.25) is 4.90 Å². The third-order valence-corrected chi connectivity index (χ3v) is 5.23. The van der Waals surface area contributed by atoms with Gasteiger partial charge in [0.15, 0.2) is 0 Å². The van der Waals surface area contributed by atoms with Crippen molar-refractivity contribution < 1.29 is 19.1 Å². The van der Waals surface area contributed by atoms with Crippen molar-refractivity contribution >= 4 is 17.6 Å². The summed E-state index contributed by atoms with van der Waals surface area (Å²) in [4.78, 5) is 29.0. The molecule has 6 nitrogen and oxygen atoms in total. The maximum Gasteiger partial charge on any atom is 0.355 e. The Balaban J connectivity index is 1.95. The van der Waals surface area contributed by atoms with Crippen LogP contribution in [0.5, 0.6) is 0 Å². The fourth-order valence-electron chi connectivity index (χ4n) is 3.86. The zero-order valence-electron chi connectivity index (χ0n) is 17.3. The lowest BCUT2D eigenvalue weighted by molar-refractivity contribution is -0.139. The smallest absolute Gasteiger partial charge is 0.355 e. The molecule has 1 unspecified atom stereocenters. The summed E-state index contributed by atoms with van der Waals surface area (Å²) in [5, 5.41) is 0. The molecule has 154 valence electrons. The van der Waals surface area contributed by atoms with E-state index in [1.165, 1.54) is 27.1 Å². The van der Waals surface area contributed by atoms with Crippen LogP contribution in [0.25, 0.3) is 0 Å². The van der Waals surface area contributed by atoms with Crippen LogP contribution in [0.2, 0.25) is 0 Å². The first-order valence-electron chi connectivity index (χ1n) is 9.89. The third kappa shape index (κ3) is 4.95. The molecule has 2 aliphatic rings. The van der Waals surface area contributed by atoms with Crippen LogP contribution in [0.1, 0.15) is 25.3 Å². The topological polar surface area (TPSA) is 59.1 Å². The molecule has 1 saturated heterocycles. The van der Waals surface area contributed by atoms with Crippen molar-refractivity contribution in [1.29, 1.82) is 0 Å². The largest absolute Gasteiger partial charge is 0.465 e. The minimum absolute atomic E-state index is 0.132. The molecule has 0 spiro atoms. The molecule has 0 bridgehead atoms. The van der Waals surface area contributed by atoms with Gasteiger partial charge in [-0.1, -0.05) is 25.1 Å². The molecule has 0 aromatic heterocycles. The van der Waals surface area contributed by atoms with Crippen LogP contribution in [0.15, 0.2) is 60.0 Å². The highest BCUT2D eigenvalue weighted by Crippen LogP contribution is 2.28. The summed E-state index contributed by atoms with van der Waals surface area (Å²) >= 11 is 0. The first kappa shape index (κ1) is 20.9. The minimum atomic E-state index is -0.600. The molecule has 3 rings (SSSR count). The van der Waals surface area contributed by atoms with Crippen molar-refractivity contribution in [2.24, 2.45) is 5.92 Å². The number of hydrogen-bond donors (Lipinski definition) is 0. The molecule has 2 heterocycles. The van der Waals surface area contributed by atoms with Crippen LogP contribution in [0.4, 0.5) is 5.69 Å². The highest BCUT2D eigenvalue weighted by Gasteiger charge is 2.27. The van der Waals surface area contributed by atoms with E-state index in [0.717, 1.165) is 30.9 Å². The molecule has 6 heteroatoms. The van der Waals surface area contributed by atoms with E-state index in [9.17, 15) is 9.59 Å². The van der Waals surface area contributed by atoms with Gasteiger partial charge in [-0.15, -0.1) is 0 Å². The van der Waals surface area contributed by atoms with Gasteiger partial charge in [0, 0.05) is 25.0 Å². The van der Waals surface area contributed by atoms with E-state index in [0.29, 0.717) is 5.92 Å². The highest BCUT2D eigenvalue weighted by molar-refractivity contribution is 6.05. The predicted octanol–water partition coefficient (Wildman–Crippen LogP) is 3.41. The molecule has 29 heavy (non-hydrogen) atoms. The van der Waals surface area contributed by atoms with E-state index in [1.807, 2.05) is 18.2 Å². The number of hydrogen-bond acceptors (Lipinski definition) is 6. The zero-order chi connectivity index (χ0) is 20.8. The summed E-state index contributed by atoms with van der Waals surface area (Å²) in [5.41, 5.74) is 2.23. The molecular weight excluding hydrogens is 368 g/mol. The van der Waals surface area contributed by atoms with Gasteiger partial charge >= 0.3 is 11.9 Å². The van der Waals surface area contributed by atoms with Crippen molar-refractivity contribution in [2.75, 3.05) is 32.2 Å². The first-order chi connectivity index (χ1) is 14.0. The Kier molecular flexibility index (Phi) is 6.88. The number of allylic oxidation sites excluding steroid dienone is 2. The average Bonchev–Trinajstić information content (AvgIpc) is 2.96. The average molecular weight is 396 g/mol. The molecule has 0 aliphatic carbocycles. The molecule has 1 atom stereocenters. The van der Waals surface area contributed by atoms with Gasteiger partial charge < -0.3 is 14.4 Å². The summed E-state index contributed by atoms with van der Waals surface area (Å²) in [6.07, 6.45) is 9.30. The van der Waals surface area contributed by atoms with Crippen LogP contribution >= 0.6 is 0 Å². The molecule has 0 amide bonds. The Bertz CT molecular complexity index is 856. The number of ether oxygens (including phenoxy) is 2. The molecule has 1 aromatic rings. The Labute approximate surface area is 172 Å². The number of esters is 2. The summed E-state index contributed by atoms with van der Waals surface area (Å²) in [5.74, 6) is -0.478. The normalized spacial score (nSPS) is 19.8. The summed E-state index contributed by atoms with van der Waals surface area (Å²) in [7, 11) is 2.59. The van der Waals surface area contributed by atoms with E-state index >= 15 is 0 Å². The molecule has 0 radical (unpaired) electrons. The van der Waals surface area contributed by atoms with E-state index in [1.54, 1.807) is 29.3 Å². The standard InChI is InChI=1S/C23H28N2O4/c1-17-8-7-12-24(15-17)16-18-9-6-10-19(14-18)25-13-5-4-11-20(22(26)28-2)21(25)23(27)29-3/h4-6,9-11,13-14,17H,7-8,12,15-16H2,1-3H3. The fourth-order valence-corrected chi connectivity index (χ4v) is 3.86. The molecule has 0 N–H and O–H groups in total. The van der Waals surface area contributed by atoms with E-state index in [4.69, 9.17) is 9.47 Å². The predicted molar refractivity (Wildman–Crippen MR) is 112 cm³/mol. The van der Waals surface area contributed by atoms with Crippen molar-refractivity contribution in [3.63, 3.8) is 0 Å². The Morgan fingerprint density at radius 2 is 1.93 bits per heavy atom. The number of likely N-dealkylation sites (tertiary alicyclic amines) is 1. The molecule has 1 fully saturated rings. The monoisotopic (exact) mass is 396 g/mol. The summed E-state index contributed by atoms with van der Waals surface area (Å²) in [6.45, 7) is 5.34. The van der Waals surface area contributed by atoms with Crippen LogP contribution in [0, 0.1) is 5.92 Å². The Morgan fingerprint density at radius 3 is 2.66 bits per heavy atom. The molecule has 2 aliphatic heterocycles. The van der Waals surface area contributed by atoms with Crippen molar-refractivity contribution in [1.82, 2.24) is 4.90 Å². The Hall–Kier alpha value is -2.86. The van der Waals surface area contributed by atoms with Gasteiger partial charge in [0.05, 0.1) is 19.8 Å². The van der Waals surface area contributed by atoms with Crippen LogP contribution in [-0.4, -0.2) is 44.1 Å². The number of carbonyl (C=O) groups is 2. The second-order valence-corrected chi connectivity index (χ2v) is 7.47. The highest BCUT2D eigenvalue weighted by atomic mass is 16.5. The molecular formula is C23H28N2O4. The van der Waals surface area contributed by atoms with Crippen molar-refractivity contribution in [3.8, 4) is 0 Å². The van der Waals surface area contributed by atoms with Gasteiger partial charge in [0.2, 0.25) is 0 Å². The van der Waals surface area contributed by atoms with Crippen LogP contribution < -0.4 is 4.90 Å². The number of benzene rings is 1. The van der Waals surface area contributed by atoms with E-state index in [2.05, 4.69) is 17.9 Å². The van der Waals surface area contributed by atoms with Gasteiger partial charge in [0.1, 0.15) is 5.70 Å². The quantitative estimate of drug-likeness (QED) is 0.711. The number of carbonyl (C=O) groups excluding carboxylic acids is 2. The van der Waals surface area contributed by atoms with Gasteiger partial charge in [-0.05, 0) is 55.2 Å². The second-order valence-electron chi connectivity index (χ2n) is 7.47. The summed E-state index contributed by atoms with van der Waals surface area (Å²) < 4.78 is 9.83. The lowest BCUT2D eigenvalue weighted by atomic mass is 10.00. The number of anilines is 1. The van der Waals surface area contributed by atoms with Crippen molar-refractivity contribution in [2.45, 2.75) is 26.3 Å². The lowest BCUT2D eigenvalue weighted by Crippen LogP contribution is -2.33. The fraction of sp³-hybridized carbons (Fsp3) is 0.391. The minimum Gasteiger partial charge on any atom is -0.465 e. The van der Waals surface area contributed by atoms with E-state index < -0.39 is 11.9 Å². The van der Waals surface area contributed by atoms with Gasteiger partial charge in [-0.2, -0.15) is 0 Å². The number of rotatable bonds is 5. The summed E-state index contributed by atoms with van der Waals surface area (Å²) in [6, 6.07) is 8.02. The molecule has 0 saturated carbocycles. The zero-order valence-corrected chi connectivity index (χ0v) is 17.3. The van der Waals surface area contributed by atoms with Gasteiger partial charge in [-0.25, -0.2) is 9.59 Å². The SMILES string of the molecule is COC(=O)C1=C(C(=O)OC)N(c2cccc(CN3CCCC(C)C3)c2)C=CC=C1. The maximum atomic E-state index is 12.6. The Morgan fingerprint density at radius 1 is 1.14 bits per heavy atom. The number of methoxy groups -OCH3 is 2. The lowest BCUT2D eigenvalue weighted by Gasteiger charge is -2.31. The van der Waals surface area contributed by atoms with Crippen LogP contribution in [0.3, 0.4) is 0 Å². The van der Waals surface area contributed by atoms with Gasteiger partial charge in [0.25, 0.3) is 0 Å². The first-order valence-corrected chi connectivity index (χ1v) is 9.89. The molecule has 1 aromatic carbocycles. The van der Waals surface area contributed by atoms with E-state index in [-0.39, 0.29) is 11.3 Å². The van der Waals surface area contributed by atoms with Crippen LogP contribution in [-0.2, 0) is 25.6 Å². The van der Waals surface area contributed by atoms with Crippen molar-refractivity contribution in [3.05, 3.63) is 65.5 Å². The third-order valence-electron chi connectivity index (χ3n) is 5.23. The second kappa shape index (κ2) is 9.56. The maximum absolute atomic E-state index is 12.6.